The molecule has 0 bridgehead atoms. The van der Waals surface area contributed by atoms with Crippen molar-refractivity contribution in [1.29, 1.82) is 0 Å². The van der Waals surface area contributed by atoms with Crippen molar-refractivity contribution in [1.82, 2.24) is 24.1 Å². The summed E-state index contributed by atoms with van der Waals surface area (Å²) >= 11 is 3.71. The van der Waals surface area contributed by atoms with Gasteiger partial charge in [-0.3, -0.25) is 4.57 Å². The smallest absolute Gasteiger partial charge is 0.238 e. The molecule has 0 aliphatic heterocycles. The van der Waals surface area contributed by atoms with E-state index in [-0.39, 0.29) is 0 Å². The molecule has 0 N–H and O–H groups in total. The first kappa shape index (κ1) is 42.6. The van der Waals surface area contributed by atoms with Crippen LogP contribution in [-0.2, 0) is 0 Å². The van der Waals surface area contributed by atoms with Crippen LogP contribution >= 0.6 is 22.7 Å². The molecule has 11 aromatic carbocycles. The molecule has 0 radical (unpaired) electrons. The van der Waals surface area contributed by atoms with Crippen LogP contribution in [-0.4, -0.2) is 24.1 Å². The number of thiophene rings is 2. The van der Waals surface area contributed by atoms with Crippen LogP contribution in [0.25, 0.3) is 163 Å². The zero-order valence-corrected chi connectivity index (χ0v) is 42.6. The maximum atomic E-state index is 6.80. The van der Waals surface area contributed by atoms with Gasteiger partial charge in [0.05, 0.1) is 22.1 Å². The first-order valence-corrected chi connectivity index (χ1v) is 27.5. The maximum Gasteiger partial charge on any atom is 0.238 e. The standard InChI is InChI=1S/C69H39N5OS2/c1-3-16-40(17-4-1)67-70-68(72-69(71-67)74-56-26-12-8-21-46(56)50-34-33-49-45-20-7-11-25-55(45)73(65(49)66(50)74)44-18-5-2-6-19-44)52-24-15-27-58-63(52)54-36-42(31-35-57(54)75-58)53-37-43(39-62-64(53)51-23-10-14-29-60(51)77-62)41-30-32-48-47-22-9-13-28-59(47)76-61(48)38-41/h1-39H. The highest BCUT2D eigenvalue weighted by molar-refractivity contribution is 7.26. The third-order valence-electron chi connectivity index (χ3n) is 15.6. The van der Waals surface area contributed by atoms with Gasteiger partial charge in [-0.05, 0) is 95.1 Å². The van der Waals surface area contributed by atoms with Crippen LogP contribution in [0.2, 0.25) is 0 Å². The van der Waals surface area contributed by atoms with E-state index in [1.165, 1.54) is 62.4 Å². The fourth-order valence-electron chi connectivity index (χ4n) is 12.2. The molecule has 0 saturated heterocycles. The van der Waals surface area contributed by atoms with Crippen molar-refractivity contribution in [2.45, 2.75) is 0 Å². The molecule has 0 amide bonds. The van der Waals surface area contributed by atoms with E-state index in [1.54, 1.807) is 0 Å². The number of hydrogen-bond acceptors (Lipinski definition) is 6. The minimum Gasteiger partial charge on any atom is -0.456 e. The van der Waals surface area contributed by atoms with Gasteiger partial charge in [-0.2, -0.15) is 9.97 Å². The van der Waals surface area contributed by atoms with Crippen LogP contribution < -0.4 is 0 Å². The van der Waals surface area contributed by atoms with Gasteiger partial charge in [-0.1, -0.05) is 164 Å². The van der Waals surface area contributed by atoms with Crippen molar-refractivity contribution in [3.63, 3.8) is 0 Å². The Morgan fingerprint density at radius 2 is 0.909 bits per heavy atom. The zero-order chi connectivity index (χ0) is 50.3. The Morgan fingerprint density at radius 3 is 1.70 bits per heavy atom. The second-order valence-corrected chi connectivity index (χ2v) is 22.0. The molecule has 0 atom stereocenters. The van der Waals surface area contributed by atoms with Crippen LogP contribution in [0.4, 0.5) is 0 Å². The number of nitrogens with zero attached hydrogens (tertiary/aromatic N) is 5. The van der Waals surface area contributed by atoms with Gasteiger partial charge >= 0.3 is 0 Å². The van der Waals surface area contributed by atoms with Gasteiger partial charge in [0.1, 0.15) is 11.2 Å². The summed E-state index contributed by atoms with van der Waals surface area (Å²) in [6, 6.07) is 84.9. The van der Waals surface area contributed by atoms with Gasteiger partial charge in [0, 0.05) is 89.5 Å². The molecule has 358 valence electrons. The summed E-state index contributed by atoms with van der Waals surface area (Å²) in [5.41, 5.74) is 13.3. The van der Waals surface area contributed by atoms with Crippen LogP contribution in [0.5, 0.6) is 0 Å². The van der Waals surface area contributed by atoms with Crippen molar-refractivity contribution in [3.05, 3.63) is 237 Å². The van der Waals surface area contributed by atoms with Gasteiger partial charge in [0.15, 0.2) is 11.6 Å². The normalized spacial score (nSPS) is 12.2. The molecular formula is C69H39N5OS2. The molecule has 77 heavy (non-hydrogen) atoms. The largest absolute Gasteiger partial charge is 0.456 e. The lowest BCUT2D eigenvalue weighted by molar-refractivity contribution is 0.669. The Hall–Kier alpha value is -9.73. The molecule has 8 heteroatoms. The Balaban J connectivity index is 0.913. The van der Waals surface area contributed by atoms with Gasteiger partial charge in [-0.25, -0.2) is 4.98 Å². The minimum atomic E-state index is 0.528. The third-order valence-corrected chi connectivity index (χ3v) is 17.8. The monoisotopic (exact) mass is 1020 g/mol. The highest BCUT2D eigenvalue weighted by Gasteiger charge is 2.25. The van der Waals surface area contributed by atoms with Crippen LogP contribution in [0.1, 0.15) is 0 Å². The van der Waals surface area contributed by atoms with E-state index in [9.17, 15) is 0 Å². The molecule has 6 nitrogen and oxygen atoms in total. The molecule has 0 spiro atoms. The van der Waals surface area contributed by atoms with Crippen LogP contribution in [0.3, 0.4) is 0 Å². The number of aromatic nitrogens is 5. The number of para-hydroxylation sites is 3. The van der Waals surface area contributed by atoms with Crippen molar-refractivity contribution >= 4 is 129 Å². The van der Waals surface area contributed by atoms with Crippen molar-refractivity contribution in [2.75, 3.05) is 0 Å². The molecular weight excluding hydrogens is 979 g/mol. The molecule has 0 aliphatic rings. The molecule has 17 aromatic rings. The van der Waals surface area contributed by atoms with E-state index in [2.05, 4.69) is 221 Å². The zero-order valence-electron chi connectivity index (χ0n) is 41.0. The molecule has 0 unspecified atom stereocenters. The van der Waals surface area contributed by atoms with Crippen LogP contribution in [0, 0.1) is 0 Å². The Labute approximate surface area is 447 Å². The molecule has 6 aromatic heterocycles. The van der Waals surface area contributed by atoms with E-state index < -0.39 is 0 Å². The fourth-order valence-corrected chi connectivity index (χ4v) is 14.5. The Bertz CT molecular complexity index is 5290. The van der Waals surface area contributed by atoms with E-state index in [0.29, 0.717) is 17.6 Å². The average Bonchev–Trinajstić information content (AvgIpc) is 4.48. The van der Waals surface area contributed by atoms with Gasteiger partial charge in [-0.15, -0.1) is 22.7 Å². The quantitative estimate of drug-likeness (QED) is 0.166. The summed E-state index contributed by atoms with van der Waals surface area (Å²) in [5.74, 6) is 1.66. The van der Waals surface area contributed by atoms with E-state index >= 15 is 0 Å². The summed E-state index contributed by atoms with van der Waals surface area (Å²) in [5, 5.41) is 11.6. The lowest BCUT2D eigenvalue weighted by atomic mass is 9.93. The number of fused-ring (bicyclic) bond motifs is 16. The second kappa shape index (κ2) is 16.4. The summed E-state index contributed by atoms with van der Waals surface area (Å²) < 4.78 is 16.6. The first-order valence-electron chi connectivity index (χ1n) is 25.8. The predicted molar refractivity (Wildman–Crippen MR) is 323 cm³/mol. The molecule has 0 fully saturated rings. The maximum absolute atomic E-state index is 6.80. The highest BCUT2D eigenvalue weighted by atomic mass is 32.1. The topological polar surface area (TPSA) is 61.7 Å². The number of benzene rings is 11. The lowest BCUT2D eigenvalue weighted by Crippen LogP contribution is -2.07. The summed E-state index contributed by atoms with van der Waals surface area (Å²) in [7, 11) is 0. The van der Waals surface area contributed by atoms with Gasteiger partial charge < -0.3 is 8.98 Å². The second-order valence-electron chi connectivity index (χ2n) is 19.8. The SMILES string of the molecule is c1ccc(-c2nc(-c3cccc4oc5ccc(-c6cc(-c7ccc8c(c7)sc7ccccc78)cc7sc8ccccc8c67)cc5c34)nc(-n3c4ccccc4c4ccc5c6ccccc6n(-c6ccccc6)c5c43)n2)cc1. The van der Waals surface area contributed by atoms with Crippen molar-refractivity contribution in [2.24, 2.45) is 0 Å². The van der Waals surface area contributed by atoms with Gasteiger partial charge in [0.2, 0.25) is 5.95 Å². The molecule has 17 rings (SSSR count). The van der Waals surface area contributed by atoms with Gasteiger partial charge in [0.25, 0.3) is 0 Å². The average molecular weight is 1020 g/mol. The summed E-state index contributed by atoms with van der Waals surface area (Å²) in [6.07, 6.45) is 0. The lowest BCUT2D eigenvalue weighted by Gasteiger charge is -2.13. The number of furan rings is 1. The highest BCUT2D eigenvalue weighted by Crippen LogP contribution is 2.47. The van der Waals surface area contributed by atoms with Crippen LogP contribution in [0.15, 0.2) is 241 Å². The van der Waals surface area contributed by atoms with E-state index in [1.807, 2.05) is 46.9 Å². The molecule has 6 heterocycles. The first-order chi connectivity index (χ1) is 38.2. The number of rotatable bonds is 6. The summed E-state index contributed by atoms with van der Waals surface area (Å²) in [6.45, 7) is 0. The fraction of sp³-hybridized carbons (Fsp3) is 0. The number of hydrogen-bond donors (Lipinski definition) is 0. The Morgan fingerprint density at radius 1 is 0.312 bits per heavy atom. The summed E-state index contributed by atoms with van der Waals surface area (Å²) in [4.78, 5) is 16.4. The van der Waals surface area contributed by atoms with Crippen molar-refractivity contribution in [3.8, 4) is 56.7 Å². The predicted octanol–water partition coefficient (Wildman–Crippen LogP) is 19.4. The van der Waals surface area contributed by atoms with Crippen molar-refractivity contribution < 1.29 is 4.42 Å². The molecule has 0 aliphatic carbocycles. The Kier molecular flexibility index (Phi) is 9.07. The minimum absolute atomic E-state index is 0.528. The molecule has 0 saturated carbocycles. The van der Waals surface area contributed by atoms with E-state index in [0.717, 1.165) is 82.5 Å². The third kappa shape index (κ3) is 6.37. The van der Waals surface area contributed by atoms with E-state index in [4.69, 9.17) is 19.4 Å².